The van der Waals surface area contributed by atoms with E-state index in [0.29, 0.717) is 6.92 Å². The van der Waals surface area contributed by atoms with Crippen molar-refractivity contribution in [3.05, 3.63) is 35.9 Å². The lowest BCUT2D eigenvalue weighted by Crippen LogP contribution is -2.68. The number of halogens is 6. The second-order valence-corrected chi connectivity index (χ2v) is 4.13. The number of benzene rings is 1. The van der Waals surface area contributed by atoms with Crippen LogP contribution in [0.4, 0.5) is 26.3 Å². The van der Waals surface area contributed by atoms with Gasteiger partial charge in [-0.05, 0) is 5.56 Å². The van der Waals surface area contributed by atoms with Crippen LogP contribution < -0.4 is 5.32 Å². The summed E-state index contributed by atoms with van der Waals surface area (Å²) in [6.45, 7) is -0.432. The van der Waals surface area contributed by atoms with E-state index in [1.807, 2.05) is 0 Å². The van der Waals surface area contributed by atoms with Crippen molar-refractivity contribution in [2.45, 2.75) is 31.6 Å². The molecule has 0 saturated heterocycles. The van der Waals surface area contributed by atoms with Crippen LogP contribution in [0.15, 0.2) is 30.3 Å². The average Bonchev–Trinajstić information content (AvgIpc) is 2.32. The lowest BCUT2D eigenvalue weighted by atomic mass is 10.1. The number of nitrogens with one attached hydrogen (secondary N) is 1. The maximum absolute atomic E-state index is 12.9. The summed E-state index contributed by atoms with van der Waals surface area (Å²) in [6, 6.07) is 6.99. The molecule has 118 valence electrons. The predicted molar refractivity (Wildman–Crippen MR) is 59.9 cm³/mol. The van der Waals surface area contributed by atoms with E-state index >= 15 is 0 Å². The number of hydrogen-bond acceptors (Lipinski definition) is 2. The molecule has 0 atom stereocenters. The zero-order valence-corrected chi connectivity index (χ0v) is 10.7. The number of carbonyl (C=O) groups is 1. The Morgan fingerprint density at radius 1 is 1.05 bits per heavy atom. The maximum Gasteiger partial charge on any atom is 0.446 e. The van der Waals surface area contributed by atoms with Gasteiger partial charge in [-0.25, -0.2) is 0 Å². The third-order valence-electron chi connectivity index (χ3n) is 2.45. The van der Waals surface area contributed by atoms with E-state index in [2.05, 4.69) is 4.74 Å². The molecule has 0 aliphatic heterocycles. The number of alkyl halides is 6. The highest BCUT2D eigenvalue weighted by Crippen LogP contribution is 2.44. The summed E-state index contributed by atoms with van der Waals surface area (Å²) < 4.78 is 81.3. The second kappa shape index (κ2) is 5.92. The van der Waals surface area contributed by atoms with Crippen LogP contribution >= 0.6 is 0 Å². The van der Waals surface area contributed by atoms with Gasteiger partial charge in [0, 0.05) is 6.92 Å². The summed E-state index contributed by atoms with van der Waals surface area (Å²) >= 11 is 0. The zero-order valence-electron chi connectivity index (χ0n) is 10.7. The van der Waals surface area contributed by atoms with Crippen molar-refractivity contribution >= 4 is 5.91 Å². The van der Waals surface area contributed by atoms with E-state index in [0.717, 1.165) is 5.32 Å². The van der Waals surface area contributed by atoms with E-state index in [-0.39, 0.29) is 5.56 Å². The van der Waals surface area contributed by atoms with Crippen LogP contribution in [0.25, 0.3) is 0 Å². The largest absolute Gasteiger partial charge is 0.446 e. The van der Waals surface area contributed by atoms with Crippen molar-refractivity contribution in [1.82, 2.24) is 5.32 Å². The molecule has 3 nitrogen and oxygen atoms in total. The first-order valence-electron chi connectivity index (χ1n) is 5.60. The van der Waals surface area contributed by atoms with Crippen LogP contribution in [0.5, 0.6) is 0 Å². The molecular weight excluding hydrogens is 304 g/mol. The van der Waals surface area contributed by atoms with Crippen LogP contribution in [-0.2, 0) is 16.1 Å². The number of amides is 1. The molecule has 0 aliphatic carbocycles. The topological polar surface area (TPSA) is 38.3 Å². The number of rotatable bonds is 4. The van der Waals surface area contributed by atoms with Crippen LogP contribution in [0.3, 0.4) is 0 Å². The third-order valence-corrected chi connectivity index (χ3v) is 2.45. The number of carbonyl (C=O) groups excluding carboxylic acids is 1. The molecule has 0 unspecified atom stereocenters. The molecule has 0 aromatic heterocycles. The van der Waals surface area contributed by atoms with Crippen LogP contribution in [0.2, 0.25) is 0 Å². The predicted octanol–water partition coefficient (Wildman–Crippen LogP) is 3.16. The molecule has 0 aliphatic rings. The molecule has 1 N–H and O–H groups in total. The Morgan fingerprint density at radius 2 is 1.52 bits per heavy atom. The Labute approximate surface area is 115 Å². The Morgan fingerprint density at radius 3 is 1.90 bits per heavy atom. The van der Waals surface area contributed by atoms with Gasteiger partial charge in [0.05, 0.1) is 6.61 Å². The highest BCUT2D eigenvalue weighted by atomic mass is 19.4. The van der Waals surface area contributed by atoms with Gasteiger partial charge in [0.25, 0.3) is 0 Å². The molecule has 1 rings (SSSR count). The summed E-state index contributed by atoms with van der Waals surface area (Å²) in [4.78, 5) is 10.8. The lowest BCUT2D eigenvalue weighted by molar-refractivity contribution is -0.392. The molecule has 0 spiro atoms. The monoisotopic (exact) mass is 315 g/mol. The van der Waals surface area contributed by atoms with Crippen molar-refractivity contribution in [3.8, 4) is 0 Å². The minimum atomic E-state index is -5.87. The SMILES string of the molecule is CC(=O)NC(OCc1ccccc1)(C(F)(F)F)C(F)(F)F. The van der Waals surface area contributed by atoms with Gasteiger partial charge in [0.1, 0.15) is 0 Å². The van der Waals surface area contributed by atoms with Crippen molar-refractivity contribution < 1.29 is 35.9 Å². The molecule has 1 aromatic carbocycles. The van der Waals surface area contributed by atoms with Crippen molar-refractivity contribution in [2.75, 3.05) is 0 Å². The summed E-state index contributed by atoms with van der Waals surface area (Å²) in [5, 5.41) is 0.832. The Bertz CT molecular complexity index is 469. The average molecular weight is 315 g/mol. The van der Waals surface area contributed by atoms with E-state index in [1.54, 1.807) is 0 Å². The normalized spacial score (nSPS) is 13.1. The number of ether oxygens (including phenoxy) is 1. The van der Waals surface area contributed by atoms with Crippen LogP contribution in [0, 0.1) is 0 Å². The minimum absolute atomic E-state index is 0.0979. The lowest BCUT2D eigenvalue weighted by Gasteiger charge is -2.37. The molecule has 21 heavy (non-hydrogen) atoms. The van der Waals surface area contributed by atoms with E-state index in [1.165, 1.54) is 30.3 Å². The summed E-state index contributed by atoms with van der Waals surface area (Å²) in [7, 11) is 0. The third kappa shape index (κ3) is 3.87. The summed E-state index contributed by atoms with van der Waals surface area (Å²) in [5.74, 6) is -1.52. The standard InChI is InChI=1S/C12H11F6NO2/c1-8(20)19-10(11(13,14)15,12(16,17)18)21-7-9-5-3-2-4-6-9/h2-6H,7H2,1H3,(H,19,20). The van der Waals surface area contributed by atoms with Crippen LogP contribution in [-0.4, -0.2) is 24.0 Å². The molecule has 0 heterocycles. The first-order chi connectivity index (χ1) is 9.49. The molecule has 0 saturated carbocycles. The molecule has 0 fully saturated rings. The minimum Gasteiger partial charge on any atom is -0.336 e. The molecular formula is C12H11F6NO2. The van der Waals surface area contributed by atoms with Gasteiger partial charge < -0.3 is 10.1 Å². The van der Waals surface area contributed by atoms with Gasteiger partial charge in [-0.1, -0.05) is 30.3 Å². The van der Waals surface area contributed by atoms with Gasteiger partial charge in [-0.15, -0.1) is 0 Å². The van der Waals surface area contributed by atoms with Crippen molar-refractivity contribution in [1.29, 1.82) is 0 Å². The summed E-state index contributed by atoms with van der Waals surface area (Å²) in [6.07, 6.45) is -11.7. The van der Waals surface area contributed by atoms with Gasteiger partial charge in [0.2, 0.25) is 5.91 Å². The highest BCUT2D eigenvalue weighted by Gasteiger charge is 2.73. The molecule has 0 radical (unpaired) electrons. The molecule has 1 amide bonds. The van der Waals surface area contributed by atoms with E-state index in [4.69, 9.17) is 0 Å². The quantitative estimate of drug-likeness (QED) is 0.685. The second-order valence-electron chi connectivity index (χ2n) is 4.13. The Kier molecular flexibility index (Phi) is 4.87. The van der Waals surface area contributed by atoms with E-state index in [9.17, 15) is 31.1 Å². The molecule has 1 aromatic rings. The van der Waals surface area contributed by atoms with Crippen molar-refractivity contribution in [2.24, 2.45) is 0 Å². The zero-order chi connectivity index (χ0) is 16.3. The van der Waals surface area contributed by atoms with Gasteiger partial charge in [-0.3, -0.25) is 4.79 Å². The maximum atomic E-state index is 12.9. The fourth-order valence-electron chi connectivity index (χ4n) is 1.52. The van der Waals surface area contributed by atoms with E-state index < -0.39 is 30.6 Å². The first-order valence-corrected chi connectivity index (χ1v) is 5.60. The summed E-state index contributed by atoms with van der Waals surface area (Å²) in [5.41, 5.74) is -4.65. The highest BCUT2D eigenvalue weighted by molar-refractivity contribution is 5.73. The Hall–Kier alpha value is -1.77. The fourth-order valence-corrected chi connectivity index (χ4v) is 1.52. The van der Waals surface area contributed by atoms with Crippen LogP contribution in [0.1, 0.15) is 12.5 Å². The van der Waals surface area contributed by atoms with Gasteiger partial charge >= 0.3 is 18.1 Å². The molecule has 9 heteroatoms. The molecule has 0 bridgehead atoms. The number of hydrogen-bond donors (Lipinski definition) is 1. The van der Waals surface area contributed by atoms with Gasteiger partial charge in [-0.2, -0.15) is 26.3 Å². The van der Waals surface area contributed by atoms with Crippen molar-refractivity contribution in [3.63, 3.8) is 0 Å². The first kappa shape index (κ1) is 17.3. The van der Waals surface area contributed by atoms with Gasteiger partial charge in [0.15, 0.2) is 0 Å². The smallest absolute Gasteiger partial charge is 0.336 e. The fraction of sp³-hybridized carbons (Fsp3) is 0.417. The Balaban J connectivity index is 3.14.